The minimum absolute atomic E-state index is 0.0286. The molecule has 9 nitrogen and oxygen atoms in total. The van der Waals surface area contributed by atoms with Crippen LogP contribution in [0.15, 0.2) is 36.5 Å². The molecule has 3 heterocycles. The molecule has 2 N–H and O–H groups in total. The van der Waals surface area contributed by atoms with Gasteiger partial charge in [-0.15, -0.1) is 0 Å². The van der Waals surface area contributed by atoms with Gasteiger partial charge in [0.2, 0.25) is 12.1 Å². The van der Waals surface area contributed by atoms with Crippen LogP contribution < -0.4 is 25.2 Å². The average molecular weight is 556 g/mol. The molecular formula is C27H25F4N7O2. The molecule has 2 aliphatic rings. The van der Waals surface area contributed by atoms with Crippen molar-refractivity contribution in [2.24, 2.45) is 0 Å². The van der Waals surface area contributed by atoms with Crippen molar-refractivity contribution >= 4 is 28.9 Å². The first-order valence-corrected chi connectivity index (χ1v) is 12.6. The number of alkyl halides is 2. The van der Waals surface area contributed by atoms with Crippen LogP contribution in [-0.4, -0.2) is 60.6 Å². The number of benzene rings is 2. The molecule has 0 bridgehead atoms. The lowest BCUT2D eigenvalue weighted by Crippen LogP contribution is -2.52. The smallest absolute Gasteiger partial charge is 0.283 e. The third kappa shape index (κ3) is 5.10. The molecule has 13 heteroatoms. The van der Waals surface area contributed by atoms with Crippen LogP contribution in [0.2, 0.25) is 0 Å². The number of nitrogens with one attached hydrogen (secondary N) is 2. The maximum atomic E-state index is 15.1. The Kier molecular flexibility index (Phi) is 7.44. The molecule has 0 saturated carbocycles. The average Bonchev–Trinajstić information content (AvgIpc) is 2.93. The van der Waals surface area contributed by atoms with E-state index in [0.717, 1.165) is 49.0 Å². The van der Waals surface area contributed by atoms with Gasteiger partial charge < -0.3 is 25.2 Å². The van der Waals surface area contributed by atoms with E-state index >= 15 is 4.39 Å². The maximum Gasteiger partial charge on any atom is 0.283 e. The molecule has 3 aromatic rings. The van der Waals surface area contributed by atoms with Crippen LogP contribution in [0.1, 0.15) is 19.4 Å². The second kappa shape index (κ2) is 11.0. The van der Waals surface area contributed by atoms with Gasteiger partial charge in [-0.05, 0) is 44.2 Å². The van der Waals surface area contributed by atoms with Gasteiger partial charge in [0.1, 0.15) is 11.8 Å². The monoisotopic (exact) mass is 555 g/mol. The number of ether oxygens (including phenoxy) is 1. The molecule has 0 radical (unpaired) electrons. The quantitative estimate of drug-likeness (QED) is 0.436. The molecule has 40 heavy (non-hydrogen) atoms. The number of aromatic nitrogens is 2. The van der Waals surface area contributed by atoms with Gasteiger partial charge in [0, 0.05) is 43.5 Å². The predicted octanol–water partition coefficient (Wildman–Crippen LogP) is 4.21. The number of fused-ring (bicyclic) bond motifs is 1. The highest BCUT2D eigenvalue weighted by molar-refractivity contribution is 6.01. The molecule has 0 aliphatic carbocycles. The van der Waals surface area contributed by atoms with Crippen molar-refractivity contribution < 1.29 is 27.1 Å². The normalized spacial score (nSPS) is 17.1. The van der Waals surface area contributed by atoms with Gasteiger partial charge in [-0.25, -0.2) is 27.5 Å². The molecule has 1 saturated heterocycles. The number of rotatable bonds is 6. The summed E-state index contributed by atoms with van der Waals surface area (Å²) in [5.74, 6) is -3.51. The van der Waals surface area contributed by atoms with Crippen molar-refractivity contribution in [3.05, 3.63) is 53.7 Å². The van der Waals surface area contributed by atoms with Crippen LogP contribution in [0.3, 0.4) is 0 Å². The van der Waals surface area contributed by atoms with Crippen molar-refractivity contribution in [2.75, 3.05) is 41.3 Å². The lowest BCUT2D eigenvalue weighted by Gasteiger charge is -2.36. The van der Waals surface area contributed by atoms with E-state index in [-0.39, 0.29) is 22.9 Å². The lowest BCUT2D eigenvalue weighted by atomic mass is 10.0. The summed E-state index contributed by atoms with van der Waals surface area (Å²) in [6.07, 6.45) is -4.42. The fourth-order valence-electron chi connectivity index (χ4n) is 4.78. The maximum absolute atomic E-state index is 15.1. The van der Waals surface area contributed by atoms with Crippen molar-refractivity contribution in [2.45, 2.75) is 32.4 Å². The van der Waals surface area contributed by atoms with E-state index in [1.165, 1.54) is 6.07 Å². The number of carbonyl (C=O) groups is 1. The Hall–Kier alpha value is -4.44. The molecule has 1 atom stereocenters. The Morgan fingerprint density at radius 2 is 1.88 bits per heavy atom. The van der Waals surface area contributed by atoms with Crippen LogP contribution >= 0.6 is 0 Å². The van der Waals surface area contributed by atoms with E-state index in [9.17, 15) is 23.2 Å². The van der Waals surface area contributed by atoms with Crippen molar-refractivity contribution in [1.82, 2.24) is 15.3 Å². The Labute approximate surface area is 227 Å². The van der Waals surface area contributed by atoms with Crippen molar-refractivity contribution in [1.29, 1.82) is 5.26 Å². The fraction of sp³-hybridized carbons (Fsp3) is 0.333. The summed E-state index contributed by atoms with van der Waals surface area (Å²) in [5, 5.41) is 15.9. The van der Waals surface area contributed by atoms with E-state index < -0.39 is 41.9 Å². The highest BCUT2D eigenvalue weighted by Crippen LogP contribution is 2.42. The number of hydrogen-bond acceptors (Lipinski definition) is 8. The molecule has 5 rings (SSSR count). The zero-order chi connectivity index (χ0) is 28.6. The highest BCUT2D eigenvalue weighted by Gasteiger charge is 2.43. The minimum Gasteiger partial charge on any atom is -0.469 e. The second-order valence-corrected chi connectivity index (χ2v) is 9.58. The zero-order valence-corrected chi connectivity index (χ0v) is 21.6. The number of nitrogens with zero attached hydrogens (tertiary/aromatic N) is 5. The minimum atomic E-state index is -3.17. The van der Waals surface area contributed by atoms with E-state index in [0.29, 0.717) is 11.3 Å². The third-order valence-electron chi connectivity index (χ3n) is 6.60. The predicted molar refractivity (Wildman–Crippen MR) is 140 cm³/mol. The summed E-state index contributed by atoms with van der Waals surface area (Å²) in [6, 6.07) is 8.93. The number of nitriles is 1. The van der Waals surface area contributed by atoms with Crippen molar-refractivity contribution in [3.8, 4) is 23.1 Å². The number of amides is 1. The number of anilines is 4. The Morgan fingerprint density at radius 1 is 1.12 bits per heavy atom. The molecule has 2 aliphatic heterocycles. The summed E-state index contributed by atoms with van der Waals surface area (Å²) in [7, 11) is 0. The van der Waals surface area contributed by atoms with E-state index in [4.69, 9.17) is 4.74 Å². The molecule has 1 fully saturated rings. The Morgan fingerprint density at radius 3 is 2.55 bits per heavy atom. The largest absolute Gasteiger partial charge is 0.469 e. The molecule has 1 unspecified atom stereocenters. The number of hydrogen-bond donors (Lipinski definition) is 2. The van der Waals surface area contributed by atoms with Crippen molar-refractivity contribution in [3.63, 3.8) is 0 Å². The van der Waals surface area contributed by atoms with E-state index in [1.807, 2.05) is 0 Å². The van der Waals surface area contributed by atoms with Gasteiger partial charge in [-0.2, -0.15) is 5.26 Å². The first-order chi connectivity index (χ1) is 19.2. The number of halogens is 4. The van der Waals surface area contributed by atoms with Gasteiger partial charge in [0.25, 0.3) is 12.3 Å². The second-order valence-electron chi connectivity index (χ2n) is 9.58. The highest BCUT2D eigenvalue weighted by atomic mass is 19.3. The summed E-state index contributed by atoms with van der Waals surface area (Å²) in [5.41, 5.74) is 1.26. The zero-order valence-electron chi connectivity index (χ0n) is 21.6. The van der Waals surface area contributed by atoms with E-state index in [2.05, 4.69) is 31.6 Å². The molecule has 0 spiro atoms. The standard InChI is InChI=1S/C27H25F4N7O2/c1-14(2)38-21-11-15(10-18(28)23(21)40-24(25(30)31)26(38)39)22-19(29)13-34-27(36-22)35-17-3-4-20(16(9-17)12-32)37-7-5-33-6-8-37/h3-4,9-11,13-14,24-25,33H,5-8H2,1-2H3,(H,34,35,36). The summed E-state index contributed by atoms with van der Waals surface area (Å²) in [4.78, 5) is 24.0. The summed E-state index contributed by atoms with van der Waals surface area (Å²) >= 11 is 0. The van der Waals surface area contributed by atoms with Crippen LogP contribution in [0.25, 0.3) is 11.3 Å². The van der Waals surface area contributed by atoms with Crippen LogP contribution in [0.5, 0.6) is 5.75 Å². The summed E-state index contributed by atoms with van der Waals surface area (Å²) in [6.45, 7) is 6.30. The van der Waals surface area contributed by atoms with E-state index in [1.54, 1.807) is 32.0 Å². The Balaban J connectivity index is 1.48. The van der Waals surface area contributed by atoms with Crippen LogP contribution in [-0.2, 0) is 4.79 Å². The first-order valence-electron chi connectivity index (χ1n) is 12.6. The van der Waals surface area contributed by atoms with Gasteiger partial charge in [-0.1, -0.05) is 0 Å². The topological polar surface area (TPSA) is 106 Å². The first kappa shape index (κ1) is 27.1. The van der Waals surface area contributed by atoms with Gasteiger partial charge in [-0.3, -0.25) is 4.79 Å². The third-order valence-corrected chi connectivity index (χ3v) is 6.60. The van der Waals surface area contributed by atoms with Gasteiger partial charge in [0.05, 0.1) is 23.1 Å². The van der Waals surface area contributed by atoms with Crippen LogP contribution in [0, 0.1) is 23.0 Å². The SMILES string of the molecule is CC(C)N1C(=O)C(C(F)F)Oc2c(F)cc(-c3nc(Nc4ccc(N5CCNCC5)c(C#N)c4)ncc3F)cc21. The van der Waals surface area contributed by atoms with Crippen LogP contribution in [0.4, 0.5) is 40.6 Å². The number of carbonyl (C=O) groups excluding carboxylic acids is 1. The van der Waals surface area contributed by atoms with Gasteiger partial charge in [0.15, 0.2) is 17.4 Å². The number of piperazine rings is 1. The molecular weight excluding hydrogens is 530 g/mol. The molecule has 208 valence electrons. The molecule has 1 amide bonds. The van der Waals surface area contributed by atoms with Gasteiger partial charge >= 0.3 is 0 Å². The Bertz CT molecular complexity index is 1490. The molecule has 2 aromatic carbocycles. The fourth-order valence-corrected chi connectivity index (χ4v) is 4.78. The summed E-state index contributed by atoms with van der Waals surface area (Å²) < 4.78 is 61.9. The molecule has 1 aromatic heterocycles. The lowest BCUT2D eigenvalue weighted by molar-refractivity contribution is -0.134.